The van der Waals surface area contributed by atoms with Gasteiger partial charge in [-0.1, -0.05) is 25.7 Å². The Morgan fingerprint density at radius 1 is 1.15 bits per heavy atom. The van der Waals surface area contributed by atoms with E-state index in [0.717, 1.165) is 31.6 Å². The molecule has 0 saturated heterocycles. The fraction of sp³-hybridized carbons (Fsp3) is 0.812. The molecule has 4 heteroatoms. The Morgan fingerprint density at radius 2 is 2.00 bits per heavy atom. The minimum atomic E-state index is -0.0951. The molecule has 2 N–H and O–H groups in total. The van der Waals surface area contributed by atoms with Crippen LogP contribution in [0.1, 0.15) is 63.1 Å². The molecule has 1 heterocycles. The number of hydrogen-bond acceptors (Lipinski definition) is 3. The maximum Gasteiger partial charge on any atom is 0.0762 e. The number of aliphatic hydroxyl groups excluding tert-OH is 1. The first kappa shape index (κ1) is 14.1. The van der Waals surface area contributed by atoms with Crippen LogP contribution in [0.4, 0.5) is 0 Å². The van der Waals surface area contributed by atoms with Crippen molar-refractivity contribution in [1.29, 1.82) is 0 Å². The van der Waals surface area contributed by atoms with Crippen LogP contribution in [0.15, 0.2) is 12.3 Å². The van der Waals surface area contributed by atoms with Gasteiger partial charge in [-0.05, 0) is 37.7 Å². The fourth-order valence-corrected chi connectivity index (χ4v) is 3.66. The van der Waals surface area contributed by atoms with E-state index >= 15 is 0 Å². The molecule has 20 heavy (non-hydrogen) atoms. The molecule has 0 bridgehead atoms. The zero-order valence-electron chi connectivity index (χ0n) is 12.3. The van der Waals surface area contributed by atoms with Gasteiger partial charge in [0.05, 0.1) is 17.8 Å². The van der Waals surface area contributed by atoms with E-state index < -0.39 is 0 Å². The number of nitrogens with zero attached hydrogens (tertiary/aromatic N) is 2. The Bertz CT molecular complexity index is 412. The standard InChI is InChI=1S/C16H27N3O/c20-16-8-4-5-13(16)11-17-12-14-9-10-19(18-14)15-6-2-1-3-7-15/h9-10,13,15-17,20H,1-8,11-12H2. The SMILES string of the molecule is OC1CCCC1CNCc1ccn(C2CCCCC2)n1. The van der Waals surface area contributed by atoms with Crippen molar-refractivity contribution in [1.82, 2.24) is 15.1 Å². The number of aliphatic hydroxyl groups is 1. The molecule has 2 fully saturated rings. The van der Waals surface area contributed by atoms with Crippen LogP contribution in [-0.4, -0.2) is 27.5 Å². The third-order valence-electron chi connectivity index (χ3n) is 4.94. The smallest absolute Gasteiger partial charge is 0.0762 e. The van der Waals surface area contributed by atoms with Crippen molar-refractivity contribution >= 4 is 0 Å². The van der Waals surface area contributed by atoms with Crippen LogP contribution in [0, 0.1) is 5.92 Å². The molecule has 2 aliphatic rings. The summed E-state index contributed by atoms with van der Waals surface area (Å²) in [6.45, 7) is 1.74. The van der Waals surface area contributed by atoms with Crippen LogP contribution >= 0.6 is 0 Å². The maximum atomic E-state index is 9.80. The molecular formula is C16H27N3O. The number of hydrogen-bond donors (Lipinski definition) is 2. The second-order valence-corrected chi connectivity index (χ2v) is 6.47. The average molecular weight is 277 g/mol. The van der Waals surface area contributed by atoms with Gasteiger partial charge >= 0.3 is 0 Å². The predicted octanol–water partition coefficient (Wildman–Crippen LogP) is 2.64. The summed E-state index contributed by atoms with van der Waals surface area (Å²) in [4.78, 5) is 0. The van der Waals surface area contributed by atoms with Gasteiger partial charge in [0.1, 0.15) is 0 Å². The normalized spacial score (nSPS) is 28.1. The summed E-state index contributed by atoms with van der Waals surface area (Å²) in [5.74, 6) is 0.440. The zero-order chi connectivity index (χ0) is 13.8. The number of aromatic nitrogens is 2. The molecule has 4 nitrogen and oxygen atoms in total. The lowest BCUT2D eigenvalue weighted by Gasteiger charge is -2.21. The van der Waals surface area contributed by atoms with Crippen LogP contribution in [0.3, 0.4) is 0 Å². The molecule has 0 radical (unpaired) electrons. The Balaban J connectivity index is 1.45. The van der Waals surface area contributed by atoms with Gasteiger partial charge in [0.2, 0.25) is 0 Å². The third kappa shape index (κ3) is 3.41. The second kappa shape index (κ2) is 6.72. The quantitative estimate of drug-likeness (QED) is 0.870. The van der Waals surface area contributed by atoms with Crippen LogP contribution in [0.25, 0.3) is 0 Å². The van der Waals surface area contributed by atoms with Gasteiger partial charge in [-0.25, -0.2) is 0 Å². The van der Waals surface area contributed by atoms with E-state index in [-0.39, 0.29) is 6.10 Å². The highest BCUT2D eigenvalue weighted by Gasteiger charge is 2.24. The molecule has 0 aromatic carbocycles. The largest absolute Gasteiger partial charge is 0.393 e. The van der Waals surface area contributed by atoms with E-state index in [1.165, 1.54) is 38.5 Å². The van der Waals surface area contributed by atoms with E-state index in [0.29, 0.717) is 12.0 Å². The van der Waals surface area contributed by atoms with Crippen molar-refractivity contribution in [3.05, 3.63) is 18.0 Å². The Labute approximate surface area is 121 Å². The summed E-state index contributed by atoms with van der Waals surface area (Å²) < 4.78 is 2.17. The molecule has 3 rings (SSSR count). The van der Waals surface area contributed by atoms with Crippen LogP contribution in [-0.2, 0) is 6.54 Å². The average Bonchev–Trinajstić information content (AvgIpc) is 3.10. The maximum absolute atomic E-state index is 9.80. The van der Waals surface area contributed by atoms with E-state index in [9.17, 15) is 5.11 Å². The van der Waals surface area contributed by atoms with Gasteiger partial charge in [0, 0.05) is 19.3 Å². The summed E-state index contributed by atoms with van der Waals surface area (Å²) in [6, 6.07) is 2.75. The minimum Gasteiger partial charge on any atom is -0.393 e. The Morgan fingerprint density at radius 3 is 2.75 bits per heavy atom. The van der Waals surface area contributed by atoms with Gasteiger partial charge in [-0.3, -0.25) is 4.68 Å². The van der Waals surface area contributed by atoms with Gasteiger partial charge in [0.15, 0.2) is 0 Å². The highest BCUT2D eigenvalue weighted by Crippen LogP contribution is 2.27. The lowest BCUT2D eigenvalue weighted by molar-refractivity contribution is 0.131. The molecule has 1 aromatic heterocycles. The van der Waals surface area contributed by atoms with Crippen molar-refractivity contribution in [2.24, 2.45) is 5.92 Å². The molecule has 0 amide bonds. The van der Waals surface area contributed by atoms with Crippen LogP contribution in [0.2, 0.25) is 0 Å². The monoisotopic (exact) mass is 277 g/mol. The molecule has 2 atom stereocenters. The first-order chi connectivity index (χ1) is 9.83. The second-order valence-electron chi connectivity index (χ2n) is 6.47. The van der Waals surface area contributed by atoms with Crippen LogP contribution in [0.5, 0.6) is 0 Å². The molecule has 2 unspecified atom stereocenters. The zero-order valence-corrected chi connectivity index (χ0v) is 12.3. The van der Waals surface area contributed by atoms with Gasteiger partial charge < -0.3 is 10.4 Å². The highest BCUT2D eigenvalue weighted by molar-refractivity contribution is 5.00. The third-order valence-corrected chi connectivity index (χ3v) is 4.94. The summed E-state index contributed by atoms with van der Waals surface area (Å²) >= 11 is 0. The summed E-state index contributed by atoms with van der Waals surface area (Å²) in [6.07, 6.45) is 12.0. The molecule has 1 aromatic rings. The number of rotatable bonds is 5. The fourth-order valence-electron chi connectivity index (χ4n) is 3.66. The number of nitrogens with one attached hydrogen (secondary N) is 1. The summed E-state index contributed by atoms with van der Waals surface area (Å²) in [7, 11) is 0. The van der Waals surface area contributed by atoms with Crippen LogP contribution < -0.4 is 5.32 Å². The molecule has 0 aliphatic heterocycles. The Hall–Kier alpha value is -0.870. The topological polar surface area (TPSA) is 50.1 Å². The van der Waals surface area contributed by atoms with Gasteiger partial charge in [-0.2, -0.15) is 5.10 Å². The van der Waals surface area contributed by atoms with Crippen molar-refractivity contribution in [3.63, 3.8) is 0 Å². The van der Waals surface area contributed by atoms with Gasteiger partial charge in [0.25, 0.3) is 0 Å². The first-order valence-electron chi connectivity index (χ1n) is 8.26. The van der Waals surface area contributed by atoms with Crippen molar-refractivity contribution < 1.29 is 5.11 Å². The lowest BCUT2D eigenvalue weighted by atomic mass is 9.96. The highest BCUT2D eigenvalue weighted by atomic mass is 16.3. The lowest BCUT2D eigenvalue weighted by Crippen LogP contribution is -2.27. The van der Waals surface area contributed by atoms with Gasteiger partial charge in [-0.15, -0.1) is 0 Å². The minimum absolute atomic E-state index is 0.0951. The van der Waals surface area contributed by atoms with E-state index in [2.05, 4.69) is 22.3 Å². The Kier molecular flexibility index (Phi) is 4.73. The van der Waals surface area contributed by atoms with Crippen molar-refractivity contribution in [2.45, 2.75) is 70.1 Å². The molecular weight excluding hydrogens is 250 g/mol. The van der Waals surface area contributed by atoms with Crippen molar-refractivity contribution in [3.8, 4) is 0 Å². The van der Waals surface area contributed by atoms with Crippen molar-refractivity contribution in [2.75, 3.05) is 6.54 Å². The summed E-state index contributed by atoms with van der Waals surface area (Å²) in [5.41, 5.74) is 1.13. The predicted molar refractivity (Wildman–Crippen MR) is 79.4 cm³/mol. The molecule has 2 aliphatic carbocycles. The van der Waals surface area contributed by atoms with E-state index in [1.807, 2.05) is 0 Å². The molecule has 0 spiro atoms. The van der Waals surface area contributed by atoms with E-state index in [1.54, 1.807) is 0 Å². The van der Waals surface area contributed by atoms with E-state index in [4.69, 9.17) is 5.10 Å². The molecule has 112 valence electrons. The molecule has 2 saturated carbocycles. The first-order valence-corrected chi connectivity index (χ1v) is 8.26. The summed E-state index contributed by atoms with van der Waals surface area (Å²) in [5, 5.41) is 18.0.